The van der Waals surface area contributed by atoms with Crippen LogP contribution in [0.5, 0.6) is 0 Å². The molecule has 7 heteroatoms. The SMILES string of the molecule is CCOCC1CCN(C(=NC)NCCCCn2ccnc2C)C1.I. The Hall–Kier alpha value is -0.830. The van der Waals surface area contributed by atoms with E-state index in [0.29, 0.717) is 5.92 Å². The zero-order chi connectivity index (χ0) is 16.5. The van der Waals surface area contributed by atoms with Crippen molar-refractivity contribution in [2.75, 3.05) is 39.9 Å². The van der Waals surface area contributed by atoms with Crippen molar-refractivity contribution in [1.82, 2.24) is 19.8 Å². The molecule has 0 aliphatic carbocycles. The minimum atomic E-state index is 0. The normalized spacial score (nSPS) is 17.9. The first-order valence-electron chi connectivity index (χ1n) is 8.75. The molecule has 1 aromatic heterocycles. The van der Waals surface area contributed by atoms with Gasteiger partial charge in [0, 0.05) is 58.1 Å². The van der Waals surface area contributed by atoms with Crippen molar-refractivity contribution < 1.29 is 4.74 Å². The maximum absolute atomic E-state index is 5.54. The fourth-order valence-electron chi connectivity index (χ4n) is 3.03. The summed E-state index contributed by atoms with van der Waals surface area (Å²) < 4.78 is 7.74. The molecule has 24 heavy (non-hydrogen) atoms. The lowest BCUT2D eigenvalue weighted by Crippen LogP contribution is -2.40. The highest BCUT2D eigenvalue weighted by Crippen LogP contribution is 2.16. The standard InChI is InChI=1S/C17H31N5O.HI/c1-4-23-14-16-7-11-22(13-16)17(18-3)20-8-5-6-10-21-12-9-19-15(21)2;/h9,12,16H,4-8,10-11,13-14H2,1-3H3,(H,18,20);1H. The minimum Gasteiger partial charge on any atom is -0.381 e. The molecule has 0 radical (unpaired) electrons. The fraction of sp³-hybridized carbons (Fsp3) is 0.765. The Morgan fingerprint density at radius 3 is 2.96 bits per heavy atom. The Morgan fingerprint density at radius 1 is 1.46 bits per heavy atom. The minimum absolute atomic E-state index is 0. The van der Waals surface area contributed by atoms with Crippen LogP contribution < -0.4 is 5.32 Å². The molecule has 1 fully saturated rings. The first kappa shape index (κ1) is 21.2. The van der Waals surface area contributed by atoms with E-state index in [1.807, 2.05) is 26.4 Å². The van der Waals surface area contributed by atoms with Gasteiger partial charge >= 0.3 is 0 Å². The molecular weight excluding hydrogens is 417 g/mol. The monoisotopic (exact) mass is 449 g/mol. The number of likely N-dealkylation sites (tertiary alicyclic amines) is 1. The summed E-state index contributed by atoms with van der Waals surface area (Å²) in [5, 5.41) is 3.49. The van der Waals surface area contributed by atoms with E-state index in [4.69, 9.17) is 4.74 Å². The average Bonchev–Trinajstić information content (AvgIpc) is 3.18. The lowest BCUT2D eigenvalue weighted by molar-refractivity contribution is 0.114. The summed E-state index contributed by atoms with van der Waals surface area (Å²) in [7, 11) is 1.87. The second-order valence-electron chi connectivity index (χ2n) is 6.11. The van der Waals surface area contributed by atoms with Gasteiger partial charge in [-0.05, 0) is 33.1 Å². The highest BCUT2D eigenvalue weighted by Gasteiger charge is 2.24. The van der Waals surface area contributed by atoms with E-state index in [2.05, 4.69) is 31.7 Å². The third-order valence-electron chi connectivity index (χ3n) is 4.39. The highest BCUT2D eigenvalue weighted by molar-refractivity contribution is 14.0. The van der Waals surface area contributed by atoms with Crippen LogP contribution in [0.15, 0.2) is 17.4 Å². The lowest BCUT2D eigenvalue weighted by atomic mass is 10.1. The maximum Gasteiger partial charge on any atom is 0.193 e. The molecule has 0 spiro atoms. The van der Waals surface area contributed by atoms with Crippen LogP contribution in [0.3, 0.4) is 0 Å². The quantitative estimate of drug-likeness (QED) is 0.287. The van der Waals surface area contributed by atoms with Crippen molar-refractivity contribution in [2.45, 2.75) is 39.7 Å². The van der Waals surface area contributed by atoms with E-state index in [9.17, 15) is 0 Å². The highest BCUT2D eigenvalue weighted by atomic mass is 127. The molecule has 2 rings (SSSR count). The fourth-order valence-corrected chi connectivity index (χ4v) is 3.03. The van der Waals surface area contributed by atoms with Crippen LogP contribution in [0, 0.1) is 12.8 Å². The number of aryl methyl sites for hydroxylation is 2. The molecule has 1 atom stereocenters. The Kier molecular flexibility index (Phi) is 10.3. The van der Waals surface area contributed by atoms with E-state index < -0.39 is 0 Å². The number of rotatable bonds is 8. The Balaban J connectivity index is 0.00000288. The number of imidazole rings is 1. The van der Waals surface area contributed by atoms with Crippen molar-refractivity contribution in [3.8, 4) is 0 Å². The van der Waals surface area contributed by atoms with Crippen molar-refractivity contribution in [2.24, 2.45) is 10.9 Å². The number of hydrogen-bond acceptors (Lipinski definition) is 3. The third-order valence-corrected chi connectivity index (χ3v) is 4.39. The van der Waals surface area contributed by atoms with Gasteiger partial charge in [-0.3, -0.25) is 4.99 Å². The summed E-state index contributed by atoms with van der Waals surface area (Å²) in [6.07, 6.45) is 7.38. The number of aromatic nitrogens is 2. The summed E-state index contributed by atoms with van der Waals surface area (Å²) in [6, 6.07) is 0. The van der Waals surface area contributed by atoms with Gasteiger partial charge in [0.25, 0.3) is 0 Å². The van der Waals surface area contributed by atoms with Gasteiger partial charge in [0.2, 0.25) is 0 Å². The topological polar surface area (TPSA) is 54.7 Å². The van der Waals surface area contributed by atoms with Crippen LogP contribution in [-0.2, 0) is 11.3 Å². The Labute approximate surface area is 163 Å². The van der Waals surface area contributed by atoms with E-state index >= 15 is 0 Å². The molecule has 1 aromatic rings. The number of halogens is 1. The van der Waals surface area contributed by atoms with Crippen molar-refractivity contribution in [3.05, 3.63) is 18.2 Å². The predicted octanol–water partition coefficient (Wildman–Crippen LogP) is 2.52. The molecule has 1 N–H and O–H groups in total. The predicted molar refractivity (Wildman–Crippen MR) is 109 cm³/mol. The number of unbranched alkanes of at least 4 members (excludes halogenated alkanes) is 1. The Morgan fingerprint density at radius 2 is 2.29 bits per heavy atom. The molecule has 0 amide bonds. The van der Waals surface area contributed by atoms with Gasteiger partial charge in [-0.25, -0.2) is 4.98 Å². The summed E-state index contributed by atoms with van der Waals surface area (Å²) >= 11 is 0. The first-order valence-corrected chi connectivity index (χ1v) is 8.75. The van der Waals surface area contributed by atoms with Crippen LogP contribution in [0.2, 0.25) is 0 Å². The molecule has 0 saturated carbocycles. The van der Waals surface area contributed by atoms with Gasteiger partial charge in [-0.2, -0.15) is 0 Å². The van der Waals surface area contributed by atoms with Crippen molar-refractivity contribution in [3.63, 3.8) is 0 Å². The van der Waals surface area contributed by atoms with Gasteiger partial charge in [0.05, 0.1) is 6.61 Å². The maximum atomic E-state index is 5.54. The molecule has 6 nitrogen and oxygen atoms in total. The Bertz CT molecular complexity index is 491. The number of guanidine groups is 1. The largest absolute Gasteiger partial charge is 0.381 e. The van der Waals surface area contributed by atoms with E-state index in [-0.39, 0.29) is 24.0 Å². The summed E-state index contributed by atoms with van der Waals surface area (Å²) in [4.78, 5) is 11.0. The van der Waals surface area contributed by atoms with Gasteiger partial charge in [0.1, 0.15) is 5.82 Å². The molecule has 138 valence electrons. The summed E-state index contributed by atoms with van der Waals surface area (Å²) in [5.74, 6) is 2.76. The molecule has 1 unspecified atom stereocenters. The first-order chi connectivity index (χ1) is 11.2. The molecule has 0 aromatic carbocycles. The zero-order valence-corrected chi connectivity index (χ0v) is 17.5. The third kappa shape index (κ3) is 6.58. The van der Waals surface area contributed by atoms with Gasteiger partial charge in [0.15, 0.2) is 5.96 Å². The van der Waals surface area contributed by atoms with Crippen LogP contribution in [0.1, 0.15) is 32.0 Å². The smallest absolute Gasteiger partial charge is 0.193 e. The zero-order valence-electron chi connectivity index (χ0n) is 15.2. The van der Waals surface area contributed by atoms with Gasteiger partial charge in [-0.15, -0.1) is 24.0 Å². The summed E-state index contributed by atoms with van der Waals surface area (Å²) in [6.45, 7) is 9.90. The van der Waals surface area contributed by atoms with Crippen molar-refractivity contribution in [1.29, 1.82) is 0 Å². The number of nitrogens with zero attached hydrogens (tertiary/aromatic N) is 4. The van der Waals surface area contributed by atoms with Crippen LogP contribution in [-0.4, -0.2) is 60.3 Å². The number of ether oxygens (including phenoxy) is 1. The van der Waals surface area contributed by atoms with Crippen LogP contribution in [0.4, 0.5) is 0 Å². The second kappa shape index (κ2) is 11.7. The molecule has 1 aliphatic rings. The lowest BCUT2D eigenvalue weighted by Gasteiger charge is -2.21. The van der Waals surface area contributed by atoms with E-state index in [1.54, 1.807) is 0 Å². The van der Waals surface area contributed by atoms with E-state index in [1.165, 1.54) is 6.42 Å². The molecule has 0 bridgehead atoms. The van der Waals surface area contributed by atoms with Gasteiger partial charge < -0.3 is 19.5 Å². The summed E-state index contributed by atoms with van der Waals surface area (Å²) in [5.41, 5.74) is 0. The number of hydrogen-bond donors (Lipinski definition) is 1. The molecule has 2 heterocycles. The number of nitrogens with one attached hydrogen (secondary N) is 1. The average molecular weight is 449 g/mol. The van der Waals surface area contributed by atoms with Crippen LogP contribution in [0.25, 0.3) is 0 Å². The number of aliphatic imine (C=N–C) groups is 1. The molecule has 1 aliphatic heterocycles. The van der Waals surface area contributed by atoms with Gasteiger partial charge in [-0.1, -0.05) is 0 Å². The second-order valence-corrected chi connectivity index (χ2v) is 6.11. The van der Waals surface area contributed by atoms with E-state index in [0.717, 1.165) is 64.0 Å². The van der Waals surface area contributed by atoms with Crippen LogP contribution >= 0.6 is 24.0 Å². The molecular formula is C17H32IN5O. The molecule has 1 saturated heterocycles. The van der Waals surface area contributed by atoms with Crippen molar-refractivity contribution >= 4 is 29.9 Å².